The molecule has 0 heterocycles. The van der Waals surface area contributed by atoms with Crippen molar-refractivity contribution in [2.75, 3.05) is 13.2 Å². The van der Waals surface area contributed by atoms with Crippen LogP contribution in [0.15, 0.2) is 18.2 Å². The number of aliphatic hydroxyl groups excluding tert-OH is 1. The minimum atomic E-state index is -1.02. The molecule has 110 valence electrons. The Hall–Kier alpha value is -1.69. The molecule has 1 N–H and O–H groups in total. The number of carbonyl (C=O) groups is 1. The zero-order chi connectivity index (χ0) is 14.7. The van der Waals surface area contributed by atoms with Gasteiger partial charge < -0.3 is 14.7 Å². The Bertz CT molecular complexity index is 491. The van der Waals surface area contributed by atoms with E-state index in [0.717, 1.165) is 25.0 Å². The molecular weight excluding hydrogens is 268 g/mol. The topological polar surface area (TPSA) is 49.8 Å². The van der Waals surface area contributed by atoms with Crippen LogP contribution in [-0.4, -0.2) is 41.2 Å². The number of halogens is 2. The van der Waals surface area contributed by atoms with Gasteiger partial charge in [0, 0.05) is 18.7 Å². The summed E-state index contributed by atoms with van der Waals surface area (Å²) in [4.78, 5) is 13.8. The predicted octanol–water partition coefficient (Wildman–Crippen LogP) is 1.72. The summed E-state index contributed by atoms with van der Waals surface area (Å²) in [7, 11) is 0. The molecule has 1 amide bonds. The second kappa shape index (κ2) is 6.17. The van der Waals surface area contributed by atoms with Crippen molar-refractivity contribution in [1.82, 2.24) is 4.90 Å². The van der Waals surface area contributed by atoms with Crippen molar-refractivity contribution in [3.05, 3.63) is 29.8 Å². The summed E-state index contributed by atoms with van der Waals surface area (Å²) >= 11 is 0. The van der Waals surface area contributed by atoms with Crippen molar-refractivity contribution < 1.29 is 23.4 Å². The summed E-state index contributed by atoms with van der Waals surface area (Å²) in [6.07, 6.45) is 1.03. The van der Waals surface area contributed by atoms with Crippen LogP contribution in [0.25, 0.3) is 0 Å². The van der Waals surface area contributed by atoms with Crippen LogP contribution < -0.4 is 4.74 Å². The van der Waals surface area contributed by atoms with E-state index in [1.807, 2.05) is 0 Å². The van der Waals surface area contributed by atoms with Crippen LogP contribution in [0, 0.1) is 11.6 Å². The van der Waals surface area contributed by atoms with E-state index in [0.29, 0.717) is 0 Å². The van der Waals surface area contributed by atoms with E-state index in [9.17, 15) is 13.6 Å². The number of ether oxygens (including phenoxy) is 1. The van der Waals surface area contributed by atoms with Gasteiger partial charge in [0.05, 0.1) is 6.61 Å². The first-order chi connectivity index (χ1) is 9.52. The van der Waals surface area contributed by atoms with Gasteiger partial charge in [0.15, 0.2) is 17.7 Å². The maximum Gasteiger partial charge on any atom is 0.263 e. The van der Waals surface area contributed by atoms with Crippen LogP contribution in [-0.2, 0) is 4.79 Å². The van der Waals surface area contributed by atoms with E-state index in [-0.39, 0.29) is 30.9 Å². The number of amides is 1. The van der Waals surface area contributed by atoms with E-state index in [1.54, 1.807) is 11.8 Å². The van der Waals surface area contributed by atoms with Crippen molar-refractivity contribution in [2.45, 2.75) is 31.9 Å². The van der Waals surface area contributed by atoms with Crippen LogP contribution in [0.1, 0.15) is 19.8 Å². The highest BCUT2D eigenvalue weighted by Gasteiger charge is 2.34. The number of aliphatic hydroxyl groups is 1. The average molecular weight is 285 g/mol. The van der Waals surface area contributed by atoms with Gasteiger partial charge in [-0.3, -0.25) is 4.79 Å². The van der Waals surface area contributed by atoms with Crippen LogP contribution in [0.2, 0.25) is 0 Å². The molecule has 2 rings (SSSR count). The molecule has 0 radical (unpaired) electrons. The Morgan fingerprint density at radius 2 is 2.15 bits per heavy atom. The molecule has 1 atom stereocenters. The fourth-order valence-corrected chi connectivity index (χ4v) is 2.00. The smallest absolute Gasteiger partial charge is 0.263 e. The first-order valence-electron chi connectivity index (χ1n) is 6.56. The van der Waals surface area contributed by atoms with Crippen LogP contribution in [0.3, 0.4) is 0 Å². The van der Waals surface area contributed by atoms with E-state index in [4.69, 9.17) is 9.84 Å². The Morgan fingerprint density at radius 3 is 2.70 bits per heavy atom. The van der Waals surface area contributed by atoms with Gasteiger partial charge >= 0.3 is 0 Å². The van der Waals surface area contributed by atoms with Gasteiger partial charge in [-0.2, -0.15) is 0 Å². The summed E-state index contributed by atoms with van der Waals surface area (Å²) in [6.45, 7) is 1.70. The van der Waals surface area contributed by atoms with E-state index < -0.39 is 17.7 Å². The predicted molar refractivity (Wildman–Crippen MR) is 68.3 cm³/mol. The third kappa shape index (κ3) is 3.45. The molecule has 1 aromatic rings. The third-order valence-electron chi connectivity index (χ3n) is 3.16. The molecule has 1 fully saturated rings. The molecule has 1 aliphatic carbocycles. The molecule has 4 nitrogen and oxygen atoms in total. The quantitative estimate of drug-likeness (QED) is 0.865. The van der Waals surface area contributed by atoms with Crippen molar-refractivity contribution in [2.24, 2.45) is 0 Å². The number of benzene rings is 1. The lowest BCUT2D eigenvalue weighted by molar-refractivity contribution is -0.139. The van der Waals surface area contributed by atoms with Crippen molar-refractivity contribution >= 4 is 5.91 Å². The number of carbonyl (C=O) groups excluding carboxylic acids is 1. The summed E-state index contributed by atoms with van der Waals surface area (Å²) in [5.41, 5.74) is 0. The van der Waals surface area contributed by atoms with Gasteiger partial charge in [-0.1, -0.05) is 0 Å². The van der Waals surface area contributed by atoms with E-state index in [1.165, 1.54) is 6.07 Å². The summed E-state index contributed by atoms with van der Waals surface area (Å²) < 4.78 is 31.2. The minimum absolute atomic E-state index is 0.101. The van der Waals surface area contributed by atoms with Gasteiger partial charge in [0.1, 0.15) is 5.75 Å². The van der Waals surface area contributed by atoms with Gasteiger partial charge in [-0.25, -0.2) is 8.78 Å². The lowest BCUT2D eigenvalue weighted by atomic mass is 10.3. The highest BCUT2D eigenvalue weighted by atomic mass is 19.2. The van der Waals surface area contributed by atoms with Crippen molar-refractivity contribution in [1.29, 1.82) is 0 Å². The Morgan fingerprint density at radius 1 is 1.45 bits per heavy atom. The molecule has 1 aliphatic rings. The summed E-state index contributed by atoms with van der Waals surface area (Å²) in [5, 5.41) is 8.97. The van der Waals surface area contributed by atoms with Crippen LogP contribution in [0.5, 0.6) is 5.75 Å². The summed E-state index contributed by atoms with van der Waals surface area (Å²) in [6, 6.07) is 3.29. The minimum Gasteiger partial charge on any atom is -0.481 e. The van der Waals surface area contributed by atoms with E-state index in [2.05, 4.69) is 0 Å². The highest BCUT2D eigenvalue weighted by Crippen LogP contribution is 2.27. The van der Waals surface area contributed by atoms with Crippen LogP contribution >= 0.6 is 0 Å². The standard InChI is InChI=1S/C14H17F2NO3/c1-9(14(19)17(6-7-18)10-2-3-10)20-11-4-5-12(15)13(16)8-11/h4-5,8-10,18H,2-3,6-7H2,1H3. The molecule has 6 heteroatoms. The molecule has 0 saturated heterocycles. The zero-order valence-electron chi connectivity index (χ0n) is 11.2. The van der Waals surface area contributed by atoms with Gasteiger partial charge in [-0.05, 0) is 31.9 Å². The zero-order valence-corrected chi connectivity index (χ0v) is 11.2. The Labute approximate surface area is 116 Å². The highest BCUT2D eigenvalue weighted by molar-refractivity contribution is 5.81. The second-order valence-corrected chi connectivity index (χ2v) is 4.82. The Kier molecular flexibility index (Phi) is 4.54. The molecule has 1 unspecified atom stereocenters. The SMILES string of the molecule is CC(Oc1ccc(F)c(F)c1)C(=O)N(CCO)C1CC1. The molecule has 0 aliphatic heterocycles. The third-order valence-corrected chi connectivity index (χ3v) is 3.16. The van der Waals surface area contributed by atoms with E-state index >= 15 is 0 Å². The van der Waals surface area contributed by atoms with Crippen molar-refractivity contribution in [3.63, 3.8) is 0 Å². The molecule has 1 saturated carbocycles. The Balaban J connectivity index is 2.00. The fourth-order valence-electron chi connectivity index (χ4n) is 2.00. The largest absolute Gasteiger partial charge is 0.481 e. The molecule has 0 spiro atoms. The normalized spacial score (nSPS) is 15.8. The first-order valence-corrected chi connectivity index (χ1v) is 6.56. The lowest BCUT2D eigenvalue weighted by Gasteiger charge is -2.25. The maximum atomic E-state index is 13.1. The number of nitrogens with zero attached hydrogens (tertiary/aromatic N) is 1. The first kappa shape index (κ1) is 14.7. The fraction of sp³-hybridized carbons (Fsp3) is 0.500. The number of rotatable bonds is 6. The van der Waals surface area contributed by atoms with Crippen molar-refractivity contribution in [3.8, 4) is 5.75 Å². The monoisotopic (exact) mass is 285 g/mol. The summed E-state index contributed by atoms with van der Waals surface area (Å²) in [5.74, 6) is -2.14. The number of hydrogen-bond acceptors (Lipinski definition) is 3. The molecule has 20 heavy (non-hydrogen) atoms. The molecule has 0 aromatic heterocycles. The van der Waals surface area contributed by atoms with Gasteiger partial charge in [0.2, 0.25) is 0 Å². The van der Waals surface area contributed by atoms with Crippen LogP contribution in [0.4, 0.5) is 8.78 Å². The molecule has 0 bridgehead atoms. The van der Waals surface area contributed by atoms with Gasteiger partial charge in [0.25, 0.3) is 5.91 Å². The lowest BCUT2D eigenvalue weighted by Crippen LogP contribution is -2.43. The second-order valence-electron chi connectivity index (χ2n) is 4.82. The number of hydrogen-bond donors (Lipinski definition) is 1. The molecule has 1 aromatic carbocycles. The average Bonchev–Trinajstić information content (AvgIpc) is 3.24. The van der Waals surface area contributed by atoms with Gasteiger partial charge in [-0.15, -0.1) is 0 Å². The molecular formula is C14H17F2NO3. The maximum absolute atomic E-state index is 13.1.